The van der Waals surface area contributed by atoms with Crippen LogP contribution in [0, 0.1) is 0 Å². The van der Waals surface area contributed by atoms with Crippen LogP contribution in [0.1, 0.15) is 40.0 Å². The third-order valence-electron chi connectivity index (χ3n) is 2.36. The van der Waals surface area contributed by atoms with Gasteiger partial charge in [-0.15, -0.1) is 0 Å². The van der Waals surface area contributed by atoms with Gasteiger partial charge >= 0.3 is 0 Å². The second-order valence-electron chi connectivity index (χ2n) is 3.10. The fraction of sp³-hybridized carbons (Fsp3) is 0.778. The molecule has 76 valence electrons. The van der Waals surface area contributed by atoms with Gasteiger partial charge in [-0.2, -0.15) is 8.42 Å². The number of allylic oxidation sites excluding steroid dienone is 1. The molecule has 0 N–H and O–H groups in total. The lowest BCUT2D eigenvalue weighted by molar-refractivity contribution is 0.252. The zero-order chi connectivity index (χ0) is 10.1. The number of rotatable bonds is 3. The highest BCUT2D eigenvalue weighted by atomic mass is 32.2. The molecular formula is C9H16O3S. The first kappa shape index (κ1) is 10.7. The topological polar surface area (TPSA) is 43.4 Å². The Morgan fingerprint density at radius 3 is 2.23 bits per heavy atom. The van der Waals surface area contributed by atoms with E-state index in [1.165, 1.54) is 0 Å². The van der Waals surface area contributed by atoms with Gasteiger partial charge < -0.3 is 0 Å². The molecule has 1 aliphatic rings. The molecule has 0 aromatic heterocycles. The Kier molecular flexibility index (Phi) is 3.14. The largest absolute Gasteiger partial charge is 0.293 e. The maximum Gasteiger partial charge on any atom is 0.293 e. The van der Waals surface area contributed by atoms with Gasteiger partial charge in [0.1, 0.15) is 0 Å². The molecule has 0 saturated heterocycles. The molecule has 1 atom stereocenters. The first-order valence-corrected chi connectivity index (χ1v) is 6.12. The standard InChI is InChI=1S/C9H16O3S/c1-4-7-8(5-2)12-13(10,11)9(7)6-3/h8H,4-6H2,1-3H3. The van der Waals surface area contributed by atoms with E-state index in [2.05, 4.69) is 0 Å². The molecular weight excluding hydrogens is 188 g/mol. The van der Waals surface area contributed by atoms with Crippen molar-refractivity contribution in [2.75, 3.05) is 0 Å². The van der Waals surface area contributed by atoms with Crippen LogP contribution in [0.5, 0.6) is 0 Å². The highest BCUT2D eigenvalue weighted by Gasteiger charge is 2.35. The SMILES string of the molecule is CCC1=C(CC)S(=O)(=O)OC1CC. The molecule has 1 rings (SSSR count). The predicted octanol–water partition coefficient (Wildman–Crippen LogP) is 2.20. The van der Waals surface area contributed by atoms with Crippen LogP contribution in [0.15, 0.2) is 10.5 Å². The number of hydrogen-bond acceptors (Lipinski definition) is 3. The molecule has 4 heteroatoms. The molecule has 1 aliphatic heterocycles. The summed E-state index contributed by atoms with van der Waals surface area (Å²) in [6, 6.07) is 0. The van der Waals surface area contributed by atoms with Crippen LogP contribution in [-0.4, -0.2) is 14.5 Å². The van der Waals surface area contributed by atoms with Gasteiger partial charge in [-0.05, 0) is 24.8 Å². The summed E-state index contributed by atoms with van der Waals surface area (Å²) in [5.74, 6) is 0. The van der Waals surface area contributed by atoms with Gasteiger partial charge in [0, 0.05) is 0 Å². The quantitative estimate of drug-likeness (QED) is 0.662. The average Bonchev–Trinajstić information content (AvgIpc) is 2.35. The van der Waals surface area contributed by atoms with Crippen LogP contribution in [0.3, 0.4) is 0 Å². The molecule has 0 amide bonds. The van der Waals surface area contributed by atoms with Gasteiger partial charge in [0.2, 0.25) is 0 Å². The smallest absolute Gasteiger partial charge is 0.259 e. The molecule has 1 unspecified atom stereocenters. The molecule has 13 heavy (non-hydrogen) atoms. The summed E-state index contributed by atoms with van der Waals surface area (Å²) in [5.41, 5.74) is 0.963. The Hall–Kier alpha value is -0.350. The molecule has 0 aromatic carbocycles. The van der Waals surface area contributed by atoms with Crippen LogP contribution in [0.25, 0.3) is 0 Å². The van der Waals surface area contributed by atoms with E-state index in [9.17, 15) is 8.42 Å². The summed E-state index contributed by atoms with van der Waals surface area (Å²) in [5, 5.41) is 0. The molecule has 0 spiro atoms. The normalized spacial score (nSPS) is 26.8. The second kappa shape index (κ2) is 3.80. The zero-order valence-electron chi connectivity index (χ0n) is 8.33. The maximum atomic E-state index is 11.5. The minimum Gasteiger partial charge on any atom is -0.259 e. The van der Waals surface area contributed by atoms with E-state index >= 15 is 0 Å². The van der Waals surface area contributed by atoms with Crippen molar-refractivity contribution in [3.8, 4) is 0 Å². The van der Waals surface area contributed by atoms with Gasteiger partial charge in [0.05, 0.1) is 11.0 Å². The Morgan fingerprint density at radius 1 is 1.23 bits per heavy atom. The Labute approximate surface area is 79.9 Å². The molecule has 0 bridgehead atoms. The van der Waals surface area contributed by atoms with E-state index < -0.39 is 10.1 Å². The molecule has 0 saturated carbocycles. The Bertz CT molecular complexity index is 314. The van der Waals surface area contributed by atoms with E-state index in [1.807, 2.05) is 20.8 Å². The zero-order valence-corrected chi connectivity index (χ0v) is 9.15. The summed E-state index contributed by atoms with van der Waals surface area (Å²) in [6.07, 6.45) is 1.83. The van der Waals surface area contributed by atoms with Gasteiger partial charge in [-0.25, -0.2) is 0 Å². The highest BCUT2D eigenvalue weighted by molar-refractivity contribution is 7.91. The molecule has 0 fully saturated rings. The monoisotopic (exact) mass is 204 g/mol. The van der Waals surface area contributed by atoms with E-state index in [4.69, 9.17) is 4.18 Å². The summed E-state index contributed by atoms with van der Waals surface area (Å²) < 4.78 is 27.9. The van der Waals surface area contributed by atoms with E-state index in [-0.39, 0.29) is 6.10 Å². The van der Waals surface area contributed by atoms with Gasteiger partial charge in [-0.3, -0.25) is 4.18 Å². The predicted molar refractivity (Wildman–Crippen MR) is 51.7 cm³/mol. The van der Waals surface area contributed by atoms with Gasteiger partial charge in [0.15, 0.2) is 0 Å². The molecule has 3 nitrogen and oxygen atoms in total. The van der Waals surface area contributed by atoms with Crippen LogP contribution < -0.4 is 0 Å². The van der Waals surface area contributed by atoms with Crippen LogP contribution >= 0.6 is 0 Å². The van der Waals surface area contributed by atoms with Crippen molar-refractivity contribution >= 4 is 10.1 Å². The van der Waals surface area contributed by atoms with Crippen molar-refractivity contribution in [1.29, 1.82) is 0 Å². The molecule has 1 heterocycles. The summed E-state index contributed by atoms with van der Waals surface area (Å²) in [4.78, 5) is 0.502. The van der Waals surface area contributed by atoms with Crippen molar-refractivity contribution in [1.82, 2.24) is 0 Å². The van der Waals surface area contributed by atoms with E-state index in [1.54, 1.807) is 0 Å². The fourth-order valence-electron chi connectivity index (χ4n) is 1.75. The maximum absolute atomic E-state index is 11.5. The van der Waals surface area contributed by atoms with Crippen LogP contribution in [0.4, 0.5) is 0 Å². The lowest BCUT2D eigenvalue weighted by Crippen LogP contribution is -2.09. The highest BCUT2D eigenvalue weighted by Crippen LogP contribution is 2.34. The van der Waals surface area contributed by atoms with Crippen molar-refractivity contribution in [2.45, 2.75) is 46.1 Å². The minimum absolute atomic E-state index is 0.204. The van der Waals surface area contributed by atoms with Crippen LogP contribution in [0.2, 0.25) is 0 Å². The van der Waals surface area contributed by atoms with Gasteiger partial charge in [0.25, 0.3) is 10.1 Å². The molecule has 0 aliphatic carbocycles. The lowest BCUT2D eigenvalue weighted by atomic mass is 10.0. The summed E-state index contributed by atoms with van der Waals surface area (Å²) >= 11 is 0. The molecule has 0 radical (unpaired) electrons. The Morgan fingerprint density at radius 2 is 1.85 bits per heavy atom. The van der Waals surface area contributed by atoms with E-state index in [0.717, 1.165) is 18.4 Å². The summed E-state index contributed by atoms with van der Waals surface area (Å²) in [6.45, 7) is 5.76. The van der Waals surface area contributed by atoms with Gasteiger partial charge in [-0.1, -0.05) is 20.8 Å². The van der Waals surface area contributed by atoms with Crippen molar-refractivity contribution in [2.24, 2.45) is 0 Å². The molecule has 0 aromatic rings. The first-order valence-electron chi connectivity index (χ1n) is 4.72. The van der Waals surface area contributed by atoms with E-state index in [0.29, 0.717) is 11.3 Å². The van der Waals surface area contributed by atoms with Crippen molar-refractivity contribution in [3.05, 3.63) is 10.5 Å². The first-order chi connectivity index (χ1) is 6.06. The van der Waals surface area contributed by atoms with Crippen molar-refractivity contribution in [3.63, 3.8) is 0 Å². The second-order valence-corrected chi connectivity index (χ2v) is 4.70. The third-order valence-corrected chi connectivity index (χ3v) is 4.00. The van der Waals surface area contributed by atoms with Crippen molar-refractivity contribution < 1.29 is 12.6 Å². The lowest BCUT2D eigenvalue weighted by Gasteiger charge is -2.07. The Balaban J connectivity index is 3.14. The minimum atomic E-state index is -3.38. The number of hydrogen-bond donors (Lipinski definition) is 0. The third kappa shape index (κ3) is 1.79. The summed E-state index contributed by atoms with van der Waals surface area (Å²) in [7, 11) is -3.38. The fourth-order valence-corrected chi connectivity index (χ4v) is 3.38. The average molecular weight is 204 g/mol. The van der Waals surface area contributed by atoms with Crippen LogP contribution in [-0.2, 0) is 14.3 Å².